The third kappa shape index (κ3) is 5.36. The van der Waals surface area contributed by atoms with E-state index in [9.17, 15) is 4.79 Å². The predicted octanol–water partition coefficient (Wildman–Crippen LogP) is 1.55. The van der Waals surface area contributed by atoms with Crippen LogP contribution in [0.5, 0.6) is 5.75 Å². The summed E-state index contributed by atoms with van der Waals surface area (Å²) in [5.41, 5.74) is 1.14. The van der Waals surface area contributed by atoms with Crippen molar-refractivity contribution in [2.75, 3.05) is 13.7 Å². The minimum atomic E-state index is -0.400. The summed E-state index contributed by atoms with van der Waals surface area (Å²) >= 11 is 0. The van der Waals surface area contributed by atoms with Crippen LogP contribution in [0.3, 0.4) is 0 Å². The third-order valence-electron chi connectivity index (χ3n) is 2.36. The van der Waals surface area contributed by atoms with Gasteiger partial charge in [0.15, 0.2) is 6.61 Å². The first-order valence-corrected chi connectivity index (χ1v) is 5.58. The fraction of sp³-hybridized carbons (Fsp3) is 0.462. The zero-order valence-corrected chi connectivity index (χ0v) is 10.2. The van der Waals surface area contributed by atoms with Gasteiger partial charge in [-0.3, -0.25) is 0 Å². The third-order valence-corrected chi connectivity index (χ3v) is 2.36. The molecule has 0 spiro atoms. The van der Waals surface area contributed by atoms with E-state index in [0.717, 1.165) is 18.4 Å². The quantitative estimate of drug-likeness (QED) is 0.764. The van der Waals surface area contributed by atoms with Gasteiger partial charge in [0.2, 0.25) is 0 Å². The normalized spacial score (nSPS) is 11.9. The van der Waals surface area contributed by atoms with Crippen molar-refractivity contribution in [3.05, 3.63) is 29.8 Å². The first-order valence-electron chi connectivity index (χ1n) is 5.58. The molecule has 0 amide bonds. The second-order valence-corrected chi connectivity index (χ2v) is 3.90. The number of hydrogen-bond donors (Lipinski definition) is 1. The summed E-state index contributed by atoms with van der Waals surface area (Å²) in [6.45, 7) is 1.69. The van der Waals surface area contributed by atoms with E-state index in [1.807, 2.05) is 12.1 Å². The van der Waals surface area contributed by atoms with Gasteiger partial charge in [0, 0.05) is 0 Å². The van der Waals surface area contributed by atoms with E-state index in [2.05, 4.69) is 4.74 Å². The smallest absolute Gasteiger partial charge is 0.343 e. The van der Waals surface area contributed by atoms with Gasteiger partial charge in [-0.1, -0.05) is 12.1 Å². The van der Waals surface area contributed by atoms with Crippen LogP contribution in [0.15, 0.2) is 24.3 Å². The minimum Gasteiger partial charge on any atom is -0.482 e. The zero-order chi connectivity index (χ0) is 12.7. The van der Waals surface area contributed by atoms with Crippen LogP contribution in [0, 0.1) is 0 Å². The predicted molar refractivity (Wildman–Crippen MR) is 64.0 cm³/mol. The second-order valence-electron chi connectivity index (χ2n) is 3.90. The summed E-state index contributed by atoms with van der Waals surface area (Å²) in [5.74, 6) is 0.236. The maximum Gasteiger partial charge on any atom is 0.343 e. The number of aryl methyl sites for hydroxylation is 1. The molecule has 1 unspecified atom stereocenters. The molecule has 1 atom stereocenters. The summed E-state index contributed by atoms with van der Waals surface area (Å²) in [5, 5.41) is 9.16. The SMILES string of the molecule is COC(=O)COc1ccc(CCC(C)O)cc1. The summed E-state index contributed by atoms with van der Waals surface area (Å²) in [4.78, 5) is 10.9. The van der Waals surface area contributed by atoms with Gasteiger partial charge >= 0.3 is 5.97 Å². The van der Waals surface area contributed by atoms with E-state index in [1.54, 1.807) is 19.1 Å². The molecule has 0 heterocycles. The molecule has 0 bridgehead atoms. The Bertz CT molecular complexity index is 343. The van der Waals surface area contributed by atoms with E-state index >= 15 is 0 Å². The van der Waals surface area contributed by atoms with Crippen molar-refractivity contribution >= 4 is 5.97 Å². The highest BCUT2D eigenvalue weighted by molar-refractivity contribution is 5.70. The van der Waals surface area contributed by atoms with Gasteiger partial charge in [0.05, 0.1) is 13.2 Å². The molecule has 0 aromatic heterocycles. The van der Waals surface area contributed by atoms with Crippen molar-refractivity contribution in [3.8, 4) is 5.75 Å². The number of carbonyl (C=O) groups is 1. The van der Waals surface area contributed by atoms with Gasteiger partial charge in [0.25, 0.3) is 0 Å². The van der Waals surface area contributed by atoms with Crippen LogP contribution < -0.4 is 4.74 Å². The average molecular weight is 238 g/mol. The fourth-order valence-corrected chi connectivity index (χ4v) is 1.33. The summed E-state index contributed by atoms with van der Waals surface area (Å²) < 4.78 is 9.68. The van der Waals surface area contributed by atoms with Gasteiger partial charge in [-0.05, 0) is 37.5 Å². The molecule has 0 radical (unpaired) electrons. The maximum absolute atomic E-state index is 10.9. The van der Waals surface area contributed by atoms with Crippen molar-refractivity contribution in [2.24, 2.45) is 0 Å². The Balaban J connectivity index is 2.42. The molecule has 1 aromatic rings. The van der Waals surface area contributed by atoms with Crippen molar-refractivity contribution in [2.45, 2.75) is 25.9 Å². The van der Waals surface area contributed by atoms with E-state index in [-0.39, 0.29) is 12.7 Å². The largest absolute Gasteiger partial charge is 0.482 e. The molecule has 94 valence electrons. The minimum absolute atomic E-state index is 0.0798. The number of rotatable bonds is 6. The highest BCUT2D eigenvalue weighted by Crippen LogP contribution is 2.13. The fourth-order valence-electron chi connectivity index (χ4n) is 1.33. The summed E-state index contributed by atoms with van der Waals surface area (Å²) in [7, 11) is 1.32. The Morgan fingerprint density at radius 3 is 2.53 bits per heavy atom. The molecule has 0 fully saturated rings. The van der Waals surface area contributed by atoms with Gasteiger partial charge in [-0.25, -0.2) is 4.79 Å². The Morgan fingerprint density at radius 2 is 2.00 bits per heavy atom. The van der Waals surface area contributed by atoms with Crippen LogP contribution in [-0.4, -0.2) is 30.9 Å². The average Bonchev–Trinajstić information content (AvgIpc) is 2.34. The van der Waals surface area contributed by atoms with Crippen molar-refractivity contribution in [1.29, 1.82) is 0 Å². The first-order chi connectivity index (χ1) is 8.11. The highest BCUT2D eigenvalue weighted by atomic mass is 16.6. The molecule has 0 aliphatic heterocycles. The molecule has 1 rings (SSSR count). The lowest BCUT2D eigenvalue weighted by Crippen LogP contribution is -2.12. The molecule has 17 heavy (non-hydrogen) atoms. The van der Waals surface area contributed by atoms with E-state index < -0.39 is 5.97 Å². The zero-order valence-electron chi connectivity index (χ0n) is 10.2. The first kappa shape index (κ1) is 13.5. The van der Waals surface area contributed by atoms with Crippen molar-refractivity contribution in [1.82, 2.24) is 0 Å². The van der Waals surface area contributed by atoms with Crippen LogP contribution in [0.2, 0.25) is 0 Å². The number of esters is 1. The van der Waals surface area contributed by atoms with Crippen molar-refractivity contribution < 1.29 is 19.4 Å². The van der Waals surface area contributed by atoms with E-state index in [4.69, 9.17) is 9.84 Å². The maximum atomic E-state index is 10.9. The van der Waals surface area contributed by atoms with Crippen LogP contribution in [0.25, 0.3) is 0 Å². The van der Waals surface area contributed by atoms with E-state index in [1.165, 1.54) is 7.11 Å². The Hall–Kier alpha value is -1.55. The van der Waals surface area contributed by atoms with Crippen molar-refractivity contribution in [3.63, 3.8) is 0 Å². The number of hydrogen-bond acceptors (Lipinski definition) is 4. The standard InChI is InChI=1S/C13H18O4/c1-10(14)3-4-11-5-7-12(8-6-11)17-9-13(15)16-2/h5-8,10,14H,3-4,9H2,1-2H3. The Kier molecular flexibility index (Phi) is 5.49. The van der Waals surface area contributed by atoms with Crippen LogP contribution >= 0.6 is 0 Å². The summed E-state index contributed by atoms with van der Waals surface area (Å²) in [6.07, 6.45) is 1.28. The molecule has 0 aliphatic carbocycles. The molecule has 0 saturated heterocycles. The van der Waals surface area contributed by atoms with E-state index in [0.29, 0.717) is 5.75 Å². The highest BCUT2D eigenvalue weighted by Gasteiger charge is 2.02. The molecule has 0 saturated carbocycles. The number of ether oxygens (including phenoxy) is 2. The van der Waals surface area contributed by atoms with Gasteiger partial charge < -0.3 is 14.6 Å². The van der Waals surface area contributed by atoms with Gasteiger partial charge in [-0.15, -0.1) is 0 Å². The molecule has 4 heteroatoms. The lowest BCUT2D eigenvalue weighted by atomic mass is 10.1. The second kappa shape index (κ2) is 6.91. The summed E-state index contributed by atoms with van der Waals surface area (Å²) in [6, 6.07) is 7.46. The number of benzene rings is 1. The Morgan fingerprint density at radius 1 is 1.35 bits per heavy atom. The van der Waals surface area contributed by atoms with Crippen LogP contribution in [0.4, 0.5) is 0 Å². The number of carbonyl (C=O) groups excluding carboxylic acids is 1. The molecule has 4 nitrogen and oxygen atoms in total. The van der Waals surface area contributed by atoms with Gasteiger partial charge in [0.1, 0.15) is 5.75 Å². The molecular weight excluding hydrogens is 220 g/mol. The lowest BCUT2D eigenvalue weighted by molar-refractivity contribution is -0.142. The Labute approximate surface area is 101 Å². The molecular formula is C13H18O4. The monoisotopic (exact) mass is 238 g/mol. The number of methoxy groups -OCH3 is 1. The number of aliphatic hydroxyl groups excluding tert-OH is 1. The van der Waals surface area contributed by atoms with Crippen LogP contribution in [-0.2, 0) is 16.0 Å². The lowest BCUT2D eigenvalue weighted by Gasteiger charge is -2.07. The number of aliphatic hydroxyl groups is 1. The molecule has 1 aromatic carbocycles. The van der Waals surface area contributed by atoms with Crippen LogP contribution in [0.1, 0.15) is 18.9 Å². The topological polar surface area (TPSA) is 55.8 Å². The molecule has 1 N–H and O–H groups in total. The molecule has 0 aliphatic rings. The van der Waals surface area contributed by atoms with Gasteiger partial charge in [-0.2, -0.15) is 0 Å².